The van der Waals surface area contributed by atoms with Gasteiger partial charge in [0.15, 0.2) is 0 Å². The molecule has 1 rings (SSSR count). The van der Waals surface area contributed by atoms with Crippen LogP contribution in [0.5, 0.6) is 0 Å². The van der Waals surface area contributed by atoms with Gasteiger partial charge in [-0.3, -0.25) is 4.79 Å². The average Bonchev–Trinajstić information content (AvgIpc) is 2.36. The molecule has 1 atom stereocenters. The van der Waals surface area contributed by atoms with Gasteiger partial charge in [-0.15, -0.1) is 5.54 Å². The number of hydrogen-bond acceptors (Lipinski definition) is 2. The van der Waals surface area contributed by atoms with Gasteiger partial charge in [-0.25, -0.2) is 0 Å². The second kappa shape index (κ2) is 7.27. The molecular formula is C16H22O2Si. The van der Waals surface area contributed by atoms with E-state index >= 15 is 0 Å². The van der Waals surface area contributed by atoms with Crippen LogP contribution in [0.25, 0.3) is 0 Å². The first-order valence-corrected chi connectivity index (χ1v) is 10.1. The van der Waals surface area contributed by atoms with E-state index in [-0.39, 0.29) is 11.7 Å². The zero-order chi connectivity index (χ0) is 14.3. The van der Waals surface area contributed by atoms with E-state index in [4.69, 9.17) is 4.74 Å². The van der Waals surface area contributed by atoms with Crippen molar-refractivity contribution >= 4 is 13.9 Å². The van der Waals surface area contributed by atoms with Crippen LogP contribution in [0.15, 0.2) is 30.3 Å². The first-order chi connectivity index (χ1) is 8.88. The van der Waals surface area contributed by atoms with Crippen LogP contribution in [0, 0.1) is 17.4 Å². The molecule has 1 aromatic carbocycles. The van der Waals surface area contributed by atoms with Crippen molar-refractivity contribution in [2.24, 2.45) is 5.92 Å². The third-order valence-corrected chi connectivity index (χ3v) is 3.36. The van der Waals surface area contributed by atoms with Crippen molar-refractivity contribution in [3.8, 4) is 11.5 Å². The molecule has 0 saturated carbocycles. The molecule has 0 unspecified atom stereocenters. The molecule has 0 radical (unpaired) electrons. The summed E-state index contributed by atoms with van der Waals surface area (Å²) in [6.45, 7) is 9.22. The smallest absolute Gasteiger partial charge is 0.209 e. The molecule has 0 aliphatic rings. The number of carbonyl (C=O) groups excluding carboxylic acids is 1. The third kappa shape index (κ3) is 6.95. The van der Waals surface area contributed by atoms with Crippen molar-refractivity contribution in [3.63, 3.8) is 0 Å². The molecule has 0 aliphatic heterocycles. The quantitative estimate of drug-likeness (QED) is 0.608. The Hall–Kier alpha value is -1.37. The van der Waals surface area contributed by atoms with Crippen molar-refractivity contribution in [1.82, 2.24) is 0 Å². The predicted molar refractivity (Wildman–Crippen MR) is 81.4 cm³/mol. The molecule has 0 spiro atoms. The van der Waals surface area contributed by atoms with Crippen molar-refractivity contribution in [2.75, 3.05) is 6.61 Å². The number of ether oxygens (including phenoxy) is 1. The van der Waals surface area contributed by atoms with Crippen molar-refractivity contribution < 1.29 is 9.53 Å². The summed E-state index contributed by atoms with van der Waals surface area (Å²) < 4.78 is 5.56. The normalized spacial score (nSPS) is 12.4. The standard InChI is InChI=1S/C16H22O2Si/c1-14(16(17)10-11-19(2,3)4)12-18-13-15-8-6-5-7-9-15/h5-9,14H,12-13H2,1-4H3/t14-/m0/s1. The maximum atomic E-state index is 11.8. The summed E-state index contributed by atoms with van der Waals surface area (Å²) in [5, 5.41) is 0. The highest BCUT2D eigenvalue weighted by molar-refractivity contribution is 6.84. The highest BCUT2D eigenvalue weighted by Crippen LogP contribution is 2.04. The minimum absolute atomic E-state index is 0.0181. The molecule has 0 aromatic heterocycles. The van der Waals surface area contributed by atoms with Crippen LogP contribution in [0.3, 0.4) is 0 Å². The fourth-order valence-corrected chi connectivity index (χ4v) is 1.87. The van der Waals surface area contributed by atoms with Gasteiger partial charge < -0.3 is 4.74 Å². The van der Waals surface area contributed by atoms with Crippen LogP contribution < -0.4 is 0 Å². The summed E-state index contributed by atoms with van der Waals surface area (Å²) in [6, 6.07) is 9.95. The van der Waals surface area contributed by atoms with Crippen LogP contribution in [0.2, 0.25) is 19.6 Å². The topological polar surface area (TPSA) is 26.3 Å². The average molecular weight is 274 g/mol. The maximum absolute atomic E-state index is 11.8. The first kappa shape index (κ1) is 15.7. The van der Waals surface area contributed by atoms with E-state index in [0.29, 0.717) is 13.2 Å². The largest absolute Gasteiger partial charge is 0.376 e. The zero-order valence-electron chi connectivity index (χ0n) is 12.2. The fourth-order valence-electron chi connectivity index (χ4n) is 1.38. The lowest BCUT2D eigenvalue weighted by atomic mass is 10.1. The fraction of sp³-hybridized carbons (Fsp3) is 0.438. The molecule has 0 saturated heterocycles. The lowest BCUT2D eigenvalue weighted by Gasteiger charge is -2.09. The number of Topliss-reactive ketones (excluding diaryl/α,β-unsaturated/α-hetero) is 1. The Labute approximate surface area is 117 Å². The number of benzene rings is 1. The van der Waals surface area contributed by atoms with Crippen LogP contribution in [-0.4, -0.2) is 20.5 Å². The van der Waals surface area contributed by atoms with E-state index in [1.165, 1.54) is 0 Å². The summed E-state index contributed by atoms with van der Waals surface area (Å²) >= 11 is 0. The van der Waals surface area contributed by atoms with E-state index < -0.39 is 8.07 Å². The van der Waals surface area contributed by atoms with Crippen LogP contribution in [-0.2, 0) is 16.1 Å². The summed E-state index contributed by atoms with van der Waals surface area (Å²) in [4.78, 5) is 11.8. The number of carbonyl (C=O) groups is 1. The van der Waals surface area contributed by atoms with E-state index in [1.807, 2.05) is 37.3 Å². The molecule has 102 valence electrons. The zero-order valence-corrected chi connectivity index (χ0v) is 13.2. The molecule has 0 amide bonds. The summed E-state index contributed by atoms with van der Waals surface area (Å²) in [5.41, 5.74) is 4.22. The van der Waals surface area contributed by atoms with E-state index in [1.54, 1.807) is 0 Å². The van der Waals surface area contributed by atoms with E-state index in [9.17, 15) is 4.79 Å². The van der Waals surface area contributed by atoms with Gasteiger partial charge in [-0.2, -0.15) is 0 Å². The Morgan fingerprint density at radius 3 is 2.47 bits per heavy atom. The Morgan fingerprint density at radius 2 is 1.89 bits per heavy atom. The second-order valence-electron chi connectivity index (χ2n) is 5.77. The molecule has 0 bridgehead atoms. The van der Waals surface area contributed by atoms with Gasteiger partial charge in [0.1, 0.15) is 8.07 Å². The summed E-state index contributed by atoms with van der Waals surface area (Å²) in [5.74, 6) is 2.59. The Morgan fingerprint density at radius 1 is 1.26 bits per heavy atom. The monoisotopic (exact) mass is 274 g/mol. The Bertz CT molecular complexity index is 463. The molecule has 1 aromatic rings. The molecule has 0 fully saturated rings. The molecule has 0 N–H and O–H groups in total. The highest BCUT2D eigenvalue weighted by atomic mass is 28.3. The van der Waals surface area contributed by atoms with Gasteiger partial charge in [0.05, 0.1) is 19.1 Å². The van der Waals surface area contributed by atoms with E-state index in [0.717, 1.165) is 5.56 Å². The molecular weight excluding hydrogens is 252 g/mol. The van der Waals surface area contributed by atoms with Gasteiger partial charge >= 0.3 is 0 Å². The van der Waals surface area contributed by atoms with Gasteiger partial charge in [0.25, 0.3) is 0 Å². The van der Waals surface area contributed by atoms with Gasteiger partial charge in [-0.1, -0.05) is 56.9 Å². The van der Waals surface area contributed by atoms with Crippen LogP contribution in [0.4, 0.5) is 0 Å². The SMILES string of the molecule is C[C@@H](COCc1ccccc1)C(=O)C#C[Si](C)(C)C. The molecule has 3 heteroatoms. The molecule has 0 heterocycles. The number of hydrogen-bond donors (Lipinski definition) is 0. The Balaban J connectivity index is 2.37. The third-order valence-electron chi connectivity index (χ3n) is 2.49. The minimum atomic E-state index is -1.47. The van der Waals surface area contributed by atoms with Gasteiger partial charge in [-0.05, 0) is 11.5 Å². The van der Waals surface area contributed by atoms with Crippen molar-refractivity contribution in [2.45, 2.75) is 33.2 Å². The Kier molecular flexibility index (Phi) is 6.00. The number of ketones is 1. The summed E-state index contributed by atoms with van der Waals surface area (Å²) in [7, 11) is -1.47. The van der Waals surface area contributed by atoms with Crippen molar-refractivity contribution in [3.05, 3.63) is 35.9 Å². The van der Waals surface area contributed by atoms with Gasteiger partial charge in [0.2, 0.25) is 5.78 Å². The molecule has 2 nitrogen and oxygen atoms in total. The predicted octanol–water partition coefficient (Wildman–Crippen LogP) is 3.29. The van der Waals surface area contributed by atoms with E-state index in [2.05, 4.69) is 31.1 Å². The first-order valence-electron chi connectivity index (χ1n) is 6.57. The maximum Gasteiger partial charge on any atom is 0.209 e. The van der Waals surface area contributed by atoms with Crippen LogP contribution >= 0.6 is 0 Å². The van der Waals surface area contributed by atoms with Crippen molar-refractivity contribution in [1.29, 1.82) is 0 Å². The lowest BCUT2D eigenvalue weighted by Crippen LogP contribution is -2.20. The molecule has 0 aliphatic carbocycles. The highest BCUT2D eigenvalue weighted by Gasteiger charge is 2.13. The summed E-state index contributed by atoms with van der Waals surface area (Å²) in [6.07, 6.45) is 0. The molecule has 19 heavy (non-hydrogen) atoms. The lowest BCUT2D eigenvalue weighted by molar-refractivity contribution is -0.118. The van der Waals surface area contributed by atoms with Gasteiger partial charge in [0, 0.05) is 0 Å². The van der Waals surface area contributed by atoms with Crippen LogP contribution in [0.1, 0.15) is 12.5 Å². The second-order valence-corrected chi connectivity index (χ2v) is 10.5. The number of rotatable bonds is 5. The minimum Gasteiger partial charge on any atom is -0.376 e.